The molecule has 84 valence electrons. The predicted molar refractivity (Wildman–Crippen MR) is 60.6 cm³/mol. The Morgan fingerprint density at radius 3 is 2.33 bits per heavy atom. The number of likely N-dealkylation sites (tertiary alicyclic amines) is 1. The van der Waals surface area contributed by atoms with E-state index in [1.54, 1.807) is 0 Å². The standard InChI is InChI=1S/C9H12INO4/c10-5-1-2-6(9(14)15)11-7(12)3-4-8(11)13/h6H,1-5H2,(H,14,15). The van der Waals surface area contributed by atoms with Crippen LogP contribution < -0.4 is 0 Å². The summed E-state index contributed by atoms with van der Waals surface area (Å²) in [5.74, 6) is -1.81. The second kappa shape index (κ2) is 5.43. The van der Waals surface area contributed by atoms with Crippen LogP contribution in [0.25, 0.3) is 0 Å². The maximum absolute atomic E-state index is 11.3. The van der Waals surface area contributed by atoms with Gasteiger partial charge in [-0.05, 0) is 17.3 Å². The number of hydrogen-bond donors (Lipinski definition) is 1. The Kier molecular flexibility index (Phi) is 4.49. The first kappa shape index (κ1) is 12.4. The van der Waals surface area contributed by atoms with E-state index in [0.717, 1.165) is 9.33 Å². The molecule has 0 bridgehead atoms. The lowest BCUT2D eigenvalue weighted by Gasteiger charge is -2.21. The van der Waals surface area contributed by atoms with Gasteiger partial charge in [-0.3, -0.25) is 14.5 Å². The summed E-state index contributed by atoms with van der Waals surface area (Å²) in [7, 11) is 0. The Hall–Kier alpha value is -0.660. The van der Waals surface area contributed by atoms with Gasteiger partial charge in [-0.15, -0.1) is 0 Å². The Balaban J connectivity index is 2.74. The number of rotatable bonds is 5. The third-order valence-corrected chi connectivity index (χ3v) is 3.06. The van der Waals surface area contributed by atoms with Gasteiger partial charge in [-0.1, -0.05) is 22.6 Å². The number of carboxylic acids is 1. The number of carboxylic acid groups (broad SMARTS) is 1. The summed E-state index contributed by atoms with van der Waals surface area (Å²) in [6, 6.07) is -0.970. The zero-order valence-electron chi connectivity index (χ0n) is 8.11. The van der Waals surface area contributed by atoms with Crippen molar-refractivity contribution in [1.82, 2.24) is 4.90 Å². The molecular weight excluding hydrogens is 313 g/mol. The van der Waals surface area contributed by atoms with Gasteiger partial charge in [0.2, 0.25) is 11.8 Å². The van der Waals surface area contributed by atoms with Gasteiger partial charge in [0.25, 0.3) is 0 Å². The van der Waals surface area contributed by atoms with Gasteiger partial charge in [0, 0.05) is 12.8 Å². The monoisotopic (exact) mass is 325 g/mol. The number of alkyl halides is 1. The highest BCUT2D eigenvalue weighted by Crippen LogP contribution is 2.19. The summed E-state index contributed by atoms with van der Waals surface area (Å²) in [5, 5.41) is 8.95. The van der Waals surface area contributed by atoms with E-state index in [1.165, 1.54) is 0 Å². The fourth-order valence-electron chi connectivity index (χ4n) is 1.57. The fraction of sp³-hybridized carbons (Fsp3) is 0.667. The number of carbonyl (C=O) groups excluding carboxylic acids is 2. The molecule has 0 aromatic heterocycles. The molecule has 1 unspecified atom stereocenters. The lowest BCUT2D eigenvalue weighted by molar-refractivity contribution is -0.154. The molecule has 1 saturated heterocycles. The van der Waals surface area contributed by atoms with Gasteiger partial charge in [0.15, 0.2) is 0 Å². The van der Waals surface area contributed by atoms with E-state index in [2.05, 4.69) is 22.6 Å². The number of imide groups is 1. The molecule has 0 aromatic carbocycles. The van der Waals surface area contributed by atoms with Crippen LogP contribution in [0.15, 0.2) is 0 Å². The summed E-state index contributed by atoms with van der Waals surface area (Å²) in [6.45, 7) is 0. The van der Waals surface area contributed by atoms with Crippen LogP contribution in [-0.4, -0.2) is 38.3 Å². The molecule has 1 aliphatic rings. The molecule has 1 rings (SSSR count). The number of hydrogen-bond acceptors (Lipinski definition) is 3. The SMILES string of the molecule is O=C(O)C(CCCI)N1C(=O)CCC1=O. The largest absolute Gasteiger partial charge is 0.480 e. The molecule has 1 fully saturated rings. The zero-order valence-corrected chi connectivity index (χ0v) is 10.3. The topological polar surface area (TPSA) is 74.7 Å². The highest BCUT2D eigenvalue weighted by Gasteiger charge is 2.38. The van der Waals surface area contributed by atoms with Gasteiger partial charge in [-0.2, -0.15) is 0 Å². The molecule has 1 N–H and O–H groups in total. The van der Waals surface area contributed by atoms with Crippen LogP contribution >= 0.6 is 22.6 Å². The maximum atomic E-state index is 11.3. The molecule has 1 aliphatic heterocycles. The van der Waals surface area contributed by atoms with E-state index >= 15 is 0 Å². The molecule has 1 atom stereocenters. The molecule has 0 aliphatic carbocycles. The van der Waals surface area contributed by atoms with Crippen molar-refractivity contribution in [3.05, 3.63) is 0 Å². The number of nitrogens with zero attached hydrogens (tertiary/aromatic N) is 1. The van der Waals surface area contributed by atoms with Gasteiger partial charge < -0.3 is 5.11 Å². The first-order valence-corrected chi connectivity index (χ1v) is 6.24. The second-order valence-corrected chi connectivity index (χ2v) is 4.42. The van der Waals surface area contributed by atoms with Crippen molar-refractivity contribution in [2.24, 2.45) is 0 Å². The van der Waals surface area contributed by atoms with Crippen LogP contribution in [0.5, 0.6) is 0 Å². The highest BCUT2D eigenvalue weighted by molar-refractivity contribution is 14.1. The van der Waals surface area contributed by atoms with Crippen LogP contribution in [0.1, 0.15) is 25.7 Å². The summed E-state index contributed by atoms with van der Waals surface area (Å²) in [4.78, 5) is 34.5. The normalized spacial score (nSPS) is 18.3. The molecular formula is C9H12INO4. The molecule has 0 radical (unpaired) electrons. The van der Waals surface area contributed by atoms with E-state index < -0.39 is 12.0 Å². The van der Waals surface area contributed by atoms with Crippen LogP contribution in [-0.2, 0) is 14.4 Å². The average molecular weight is 325 g/mol. The van der Waals surface area contributed by atoms with Gasteiger partial charge in [0.1, 0.15) is 6.04 Å². The number of carbonyl (C=O) groups is 3. The third kappa shape index (κ3) is 2.90. The van der Waals surface area contributed by atoms with Gasteiger partial charge >= 0.3 is 5.97 Å². The Bertz CT molecular complexity index is 276. The van der Waals surface area contributed by atoms with Gasteiger partial charge in [0.05, 0.1) is 0 Å². The molecule has 0 aromatic rings. The second-order valence-electron chi connectivity index (χ2n) is 3.34. The first-order valence-electron chi connectivity index (χ1n) is 4.71. The van der Waals surface area contributed by atoms with Crippen LogP contribution in [0.3, 0.4) is 0 Å². The quantitative estimate of drug-likeness (QED) is 0.461. The molecule has 0 saturated carbocycles. The van der Waals surface area contributed by atoms with E-state index in [4.69, 9.17) is 5.11 Å². The summed E-state index contributed by atoms with van der Waals surface area (Å²) in [6.07, 6.45) is 1.32. The number of aliphatic carboxylic acids is 1. The Labute approximate surface area is 101 Å². The average Bonchev–Trinajstić information content (AvgIpc) is 2.49. The highest BCUT2D eigenvalue weighted by atomic mass is 127. The Morgan fingerprint density at radius 2 is 1.93 bits per heavy atom. The number of halogens is 1. The molecule has 5 nitrogen and oxygen atoms in total. The van der Waals surface area contributed by atoms with Crippen molar-refractivity contribution in [2.75, 3.05) is 4.43 Å². The van der Waals surface area contributed by atoms with E-state index in [1.807, 2.05) is 0 Å². The number of amides is 2. The minimum absolute atomic E-state index is 0.146. The van der Waals surface area contributed by atoms with Crippen molar-refractivity contribution in [1.29, 1.82) is 0 Å². The van der Waals surface area contributed by atoms with E-state index in [0.29, 0.717) is 12.8 Å². The van der Waals surface area contributed by atoms with Crippen molar-refractivity contribution < 1.29 is 19.5 Å². The van der Waals surface area contributed by atoms with Crippen molar-refractivity contribution in [2.45, 2.75) is 31.7 Å². The summed E-state index contributed by atoms with van der Waals surface area (Å²) >= 11 is 2.14. The molecule has 15 heavy (non-hydrogen) atoms. The van der Waals surface area contributed by atoms with E-state index in [-0.39, 0.29) is 24.7 Å². The molecule has 0 spiro atoms. The predicted octanol–water partition coefficient (Wildman–Crippen LogP) is 0.804. The third-order valence-electron chi connectivity index (χ3n) is 2.30. The summed E-state index contributed by atoms with van der Waals surface area (Å²) < 4.78 is 0.817. The Morgan fingerprint density at radius 1 is 1.40 bits per heavy atom. The minimum Gasteiger partial charge on any atom is -0.480 e. The molecule has 1 heterocycles. The van der Waals surface area contributed by atoms with E-state index in [9.17, 15) is 14.4 Å². The van der Waals surface area contributed by atoms with Crippen LogP contribution in [0.2, 0.25) is 0 Å². The molecule has 6 heteroatoms. The minimum atomic E-state index is -1.09. The van der Waals surface area contributed by atoms with Gasteiger partial charge in [-0.25, -0.2) is 4.79 Å². The lowest BCUT2D eigenvalue weighted by Crippen LogP contribution is -2.44. The van der Waals surface area contributed by atoms with Crippen LogP contribution in [0.4, 0.5) is 0 Å². The smallest absolute Gasteiger partial charge is 0.326 e. The maximum Gasteiger partial charge on any atom is 0.326 e. The van der Waals surface area contributed by atoms with Crippen molar-refractivity contribution in [3.8, 4) is 0 Å². The van der Waals surface area contributed by atoms with Crippen molar-refractivity contribution in [3.63, 3.8) is 0 Å². The first-order chi connectivity index (χ1) is 7.07. The summed E-state index contributed by atoms with van der Waals surface area (Å²) in [5.41, 5.74) is 0. The lowest BCUT2D eigenvalue weighted by atomic mass is 10.1. The van der Waals surface area contributed by atoms with Crippen molar-refractivity contribution >= 4 is 40.4 Å². The molecule has 2 amide bonds. The zero-order chi connectivity index (χ0) is 11.4. The van der Waals surface area contributed by atoms with Crippen LogP contribution in [0, 0.1) is 0 Å². The fourth-order valence-corrected chi connectivity index (χ4v) is 2.02.